The second-order valence-corrected chi connectivity index (χ2v) is 9.14. The smallest absolute Gasteiger partial charge is 0.252 e. The summed E-state index contributed by atoms with van der Waals surface area (Å²) in [4.78, 5) is 1.05. The molecular formula is C14H23NO3S2. The van der Waals surface area contributed by atoms with Crippen molar-refractivity contribution in [2.45, 2.75) is 44.2 Å². The van der Waals surface area contributed by atoms with Crippen molar-refractivity contribution in [3.8, 4) is 0 Å². The van der Waals surface area contributed by atoms with Crippen LogP contribution >= 0.6 is 11.3 Å². The van der Waals surface area contributed by atoms with Gasteiger partial charge in [0.05, 0.1) is 0 Å². The first-order valence-electron chi connectivity index (χ1n) is 7.03. The molecule has 1 aliphatic rings. The van der Waals surface area contributed by atoms with Gasteiger partial charge >= 0.3 is 0 Å². The standard InChI is InChI=1S/C14H23NO3S2/c1-4-14(10-16)5-7-15(8-6-14)20(17,18)13-9-11(2)12(3)19-13/h9,16H,4-8,10H2,1-3H3. The summed E-state index contributed by atoms with van der Waals surface area (Å²) in [5.74, 6) is 0. The predicted octanol–water partition coefficient (Wildman–Crippen LogP) is 2.54. The summed E-state index contributed by atoms with van der Waals surface area (Å²) in [5, 5.41) is 9.52. The molecule has 0 radical (unpaired) electrons. The van der Waals surface area contributed by atoms with E-state index in [0.29, 0.717) is 17.3 Å². The molecule has 1 aromatic rings. The molecule has 0 bridgehead atoms. The molecule has 0 amide bonds. The van der Waals surface area contributed by atoms with E-state index in [2.05, 4.69) is 6.92 Å². The van der Waals surface area contributed by atoms with Crippen molar-refractivity contribution in [2.75, 3.05) is 19.7 Å². The maximum atomic E-state index is 12.6. The van der Waals surface area contributed by atoms with E-state index in [1.807, 2.05) is 13.8 Å². The van der Waals surface area contributed by atoms with Gasteiger partial charge in [-0.25, -0.2) is 8.42 Å². The van der Waals surface area contributed by atoms with Gasteiger partial charge in [0.25, 0.3) is 10.0 Å². The molecule has 0 aromatic carbocycles. The molecule has 1 saturated heterocycles. The number of aliphatic hydroxyl groups is 1. The Hall–Kier alpha value is -0.430. The maximum Gasteiger partial charge on any atom is 0.252 e. The van der Waals surface area contributed by atoms with Crippen molar-refractivity contribution in [3.63, 3.8) is 0 Å². The summed E-state index contributed by atoms with van der Waals surface area (Å²) in [7, 11) is -3.36. The molecule has 0 aliphatic carbocycles. The largest absolute Gasteiger partial charge is 0.396 e. The van der Waals surface area contributed by atoms with Crippen LogP contribution in [0.3, 0.4) is 0 Å². The van der Waals surface area contributed by atoms with E-state index in [-0.39, 0.29) is 12.0 Å². The highest BCUT2D eigenvalue weighted by Gasteiger charge is 2.37. The van der Waals surface area contributed by atoms with Gasteiger partial charge in [-0.2, -0.15) is 4.31 Å². The van der Waals surface area contributed by atoms with Crippen molar-refractivity contribution < 1.29 is 13.5 Å². The van der Waals surface area contributed by atoms with Gasteiger partial charge in [0.15, 0.2) is 0 Å². The quantitative estimate of drug-likeness (QED) is 0.928. The van der Waals surface area contributed by atoms with Crippen LogP contribution < -0.4 is 0 Å². The predicted molar refractivity (Wildman–Crippen MR) is 81.6 cm³/mol. The molecule has 0 unspecified atom stereocenters. The zero-order valence-corrected chi connectivity index (χ0v) is 14.0. The lowest BCUT2D eigenvalue weighted by Crippen LogP contribution is -2.44. The van der Waals surface area contributed by atoms with Gasteiger partial charge in [0.2, 0.25) is 0 Å². The van der Waals surface area contributed by atoms with Crippen LogP contribution in [0.15, 0.2) is 10.3 Å². The van der Waals surface area contributed by atoms with Crippen molar-refractivity contribution in [3.05, 3.63) is 16.5 Å². The zero-order valence-electron chi connectivity index (χ0n) is 12.3. The number of aryl methyl sites for hydroxylation is 2. The van der Waals surface area contributed by atoms with E-state index in [9.17, 15) is 13.5 Å². The summed E-state index contributed by atoms with van der Waals surface area (Å²) in [6.07, 6.45) is 2.37. The second kappa shape index (κ2) is 5.75. The van der Waals surface area contributed by atoms with Crippen molar-refractivity contribution in [1.29, 1.82) is 0 Å². The molecule has 0 spiro atoms. The third-order valence-electron chi connectivity index (χ3n) is 4.61. The van der Waals surface area contributed by atoms with Gasteiger partial charge in [-0.15, -0.1) is 11.3 Å². The number of piperidine rings is 1. The molecule has 2 heterocycles. The Kier molecular flexibility index (Phi) is 4.59. The lowest BCUT2D eigenvalue weighted by molar-refractivity contribution is 0.0648. The summed E-state index contributed by atoms with van der Waals surface area (Å²) in [5.41, 5.74) is 0.941. The van der Waals surface area contributed by atoms with E-state index in [1.165, 1.54) is 11.3 Å². The van der Waals surface area contributed by atoms with Crippen LogP contribution in [-0.2, 0) is 10.0 Å². The molecule has 0 atom stereocenters. The average molecular weight is 317 g/mol. The lowest BCUT2D eigenvalue weighted by atomic mass is 9.77. The molecule has 20 heavy (non-hydrogen) atoms. The molecule has 0 saturated carbocycles. The molecule has 1 aromatic heterocycles. The minimum absolute atomic E-state index is 0.0900. The van der Waals surface area contributed by atoms with E-state index in [0.717, 1.165) is 29.7 Å². The highest BCUT2D eigenvalue weighted by molar-refractivity contribution is 7.91. The zero-order chi connectivity index (χ0) is 15.0. The Morgan fingerprint density at radius 2 is 1.95 bits per heavy atom. The monoisotopic (exact) mass is 317 g/mol. The van der Waals surface area contributed by atoms with Crippen LogP contribution in [0.25, 0.3) is 0 Å². The van der Waals surface area contributed by atoms with E-state index in [1.54, 1.807) is 10.4 Å². The topological polar surface area (TPSA) is 57.6 Å². The first-order valence-corrected chi connectivity index (χ1v) is 9.28. The number of hydrogen-bond donors (Lipinski definition) is 1. The summed E-state index contributed by atoms with van der Waals surface area (Å²) in [6, 6.07) is 1.77. The van der Waals surface area contributed by atoms with Crippen LogP contribution in [0, 0.1) is 19.3 Å². The van der Waals surface area contributed by atoms with Gasteiger partial charge in [-0.1, -0.05) is 6.92 Å². The Morgan fingerprint density at radius 1 is 1.35 bits per heavy atom. The minimum Gasteiger partial charge on any atom is -0.396 e. The molecule has 4 nitrogen and oxygen atoms in total. The molecular weight excluding hydrogens is 294 g/mol. The number of sulfonamides is 1. The molecule has 1 fully saturated rings. The summed E-state index contributed by atoms with van der Waals surface area (Å²) >= 11 is 1.35. The second-order valence-electron chi connectivity index (χ2n) is 5.72. The third kappa shape index (κ3) is 2.79. The Bertz CT molecular complexity index is 544. The summed E-state index contributed by atoms with van der Waals surface area (Å²) < 4.78 is 27.2. The average Bonchev–Trinajstić information content (AvgIpc) is 2.79. The van der Waals surface area contributed by atoms with E-state index < -0.39 is 10.0 Å². The number of aliphatic hydroxyl groups excluding tert-OH is 1. The summed E-state index contributed by atoms with van der Waals surface area (Å²) in [6.45, 7) is 7.11. The van der Waals surface area contributed by atoms with Gasteiger partial charge in [-0.3, -0.25) is 0 Å². The fraction of sp³-hybridized carbons (Fsp3) is 0.714. The van der Waals surface area contributed by atoms with Crippen molar-refractivity contribution in [2.24, 2.45) is 5.41 Å². The highest BCUT2D eigenvalue weighted by atomic mass is 32.2. The minimum atomic E-state index is -3.36. The van der Waals surface area contributed by atoms with Crippen molar-refractivity contribution >= 4 is 21.4 Å². The van der Waals surface area contributed by atoms with E-state index >= 15 is 0 Å². The molecule has 1 N–H and O–H groups in total. The molecule has 114 valence electrons. The van der Waals surface area contributed by atoms with Gasteiger partial charge < -0.3 is 5.11 Å². The fourth-order valence-corrected chi connectivity index (χ4v) is 5.73. The van der Waals surface area contributed by atoms with Gasteiger partial charge in [0, 0.05) is 24.6 Å². The van der Waals surface area contributed by atoms with Crippen LogP contribution in [0.4, 0.5) is 0 Å². The number of rotatable bonds is 4. The number of thiophene rings is 1. The Morgan fingerprint density at radius 3 is 2.35 bits per heavy atom. The molecule has 1 aliphatic heterocycles. The van der Waals surface area contributed by atoms with E-state index in [4.69, 9.17) is 0 Å². The lowest BCUT2D eigenvalue weighted by Gasteiger charge is -2.39. The Labute approximate surface area is 125 Å². The first kappa shape index (κ1) is 15.9. The third-order valence-corrected chi connectivity index (χ3v) is 8.11. The molecule has 2 rings (SSSR count). The number of nitrogens with zero attached hydrogens (tertiary/aromatic N) is 1. The van der Waals surface area contributed by atoms with Crippen LogP contribution in [0.2, 0.25) is 0 Å². The van der Waals surface area contributed by atoms with Gasteiger partial charge in [-0.05, 0) is 50.2 Å². The number of hydrogen-bond acceptors (Lipinski definition) is 4. The SMILES string of the molecule is CCC1(CO)CCN(S(=O)(=O)c2cc(C)c(C)s2)CC1. The highest BCUT2D eigenvalue weighted by Crippen LogP contribution is 2.37. The van der Waals surface area contributed by atoms with Crippen molar-refractivity contribution in [1.82, 2.24) is 4.31 Å². The first-order chi connectivity index (χ1) is 9.34. The maximum absolute atomic E-state index is 12.6. The molecule has 6 heteroatoms. The fourth-order valence-electron chi connectivity index (χ4n) is 2.62. The Balaban J connectivity index is 2.17. The van der Waals surface area contributed by atoms with Crippen LogP contribution in [0.5, 0.6) is 0 Å². The van der Waals surface area contributed by atoms with Crippen LogP contribution in [-0.4, -0.2) is 37.5 Å². The van der Waals surface area contributed by atoms with Crippen LogP contribution in [0.1, 0.15) is 36.6 Å². The normalized spacial score (nSPS) is 20.2. The van der Waals surface area contributed by atoms with Gasteiger partial charge in [0.1, 0.15) is 4.21 Å².